The zero-order chi connectivity index (χ0) is 13.8. The molecule has 1 saturated carbocycles. The predicted molar refractivity (Wildman–Crippen MR) is 74.1 cm³/mol. The second-order valence-corrected chi connectivity index (χ2v) is 4.72. The van der Waals surface area contributed by atoms with Gasteiger partial charge < -0.3 is 10.6 Å². The number of anilines is 1. The largest absolute Gasteiger partial charge is 0.351 e. The van der Waals surface area contributed by atoms with Gasteiger partial charge in [0.25, 0.3) is 5.91 Å². The van der Waals surface area contributed by atoms with Crippen molar-refractivity contribution in [3.63, 3.8) is 0 Å². The Labute approximate surface area is 116 Å². The summed E-state index contributed by atoms with van der Waals surface area (Å²) in [6, 6.07) is 5.80. The molecule has 20 heavy (non-hydrogen) atoms. The van der Waals surface area contributed by atoms with Gasteiger partial charge in [-0.05, 0) is 36.6 Å². The molecule has 1 aliphatic rings. The van der Waals surface area contributed by atoms with Gasteiger partial charge in [0.1, 0.15) is 5.69 Å². The Kier molecular flexibility index (Phi) is 3.54. The van der Waals surface area contributed by atoms with Crippen molar-refractivity contribution in [3.8, 4) is 0 Å². The molecule has 0 atom stereocenters. The maximum atomic E-state index is 12.0. The van der Waals surface area contributed by atoms with Crippen LogP contribution in [-0.2, 0) is 6.54 Å². The van der Waals surface area contributed by atoms with Gasteiger partial charge >= 0.3 is 0 Å². The molecule has 3 rings (SSSR count). The van der Waals surface area contributed by atoms with Crippen LogP contribution in [0.4, 0.5) is 5.95 Å². The predicted octanol–water partition coefficient (Wildman–Crippen LogP) is 1.38. The van der Waals surface area contributed by atoms with E-state index in [1.807, 2.05) is 12.1 Å². The molecule has 0 spiro atoms. The van der Waals surface area contributed by atoms with Crippen LogP contribution < -0.4 is 10.6 Å². The van der Waals surface area contributed by atoms with Crippen molar-refractivity contribution in [1.29, 1.82) is 0 Å². The average Bonchev–Trinajstić information content (AvgIpc) is 3.30. The quantitative estimate of drug-likeness (QED) is 0.857. The van der Waals surface area contributed by atoms with Crippen LogP contribution in [0.15, 0.2) is 36.8 Å². The van der Waals surface area contributed by atoms with Crippen molar-refractivity contribution in [2.45, 2.75) is 25.4 Å². The lowest BCUT2D eigenvalue weighted by Gasteiger charge is -2.06. The van der Waals surface area contributed by atoms with Crippen molar-refractivity contribution in [1.82, 2.24) is 20.3 Å². The minimum absolute atomic E-state index is 0.206. The number of carbonyl (C=O) groups excluding carboxylic acids is 1. The smallest absolute Gasteiger partial charge is 0.270 e. The van der Waals surface area contributed by atoms with E-state index in [-0.39, 0.29) is 5.91 Å². The van der Waals surface area contributed by atoms with Crippen LogP contribution in [0, 0.1) is 0 Å². The average molecular weight is 269 g/mol. The van der Waals surface area contributed by atoms with Crippen molar-refractivity contribution in [2.75, 3.05) is 5.32 Å². The fourth-order valence-electron chi connectivity index (χ4n) is 1.74. The molecule has 0 unspecified atom stereocenters. The minimum Gasteiger partial charge on any atom is -0.351 e. The highest BCUT2D eigenvalue weighted by atomic mass is 16.1. The fraction of sp³-hybridized carbons (Fsp3) is 0.286. The highest BCUT2D eigenvalue weighted by Gasteiger charge is 2.22. The van der Waals surface area contributed by atoms with E-state index in [9.17, 15) is 4.79 Å². The number of hydrogen-bond donors (Lipinski definition) is 2. The number of rotatable bonds is 5. The van der Waals surface area contributed by atoms with E-state index in [1.165, 1.54) is 0 Å². The minimum atomic E-state index is -0.206. The van der Waals surface area contributed by atoms with Crippen LogP contribution in [0.1, 0.15) is 28.9 Å². The zero-order valence-electron chi connectivity index (χ0n) is 10.9. The zero-order valence-corrected chi connectivity index (χ0v) is 10.9. The first kappa shape index (κ1) is 12.5. The Balaban J connectivity index is 1.61. The number of pyridine rings is 1. The molecule has 2 heterocycles. The van der Waals surface area contributed by atoms with Crippen molar-refractivity contribution >= 4 is 11.9 Å². The van der Waals surface area contributed by atoms with Gasteiger partial charge in [0.2, 0.25) is 5.95 Å². The summed E-state index contributed by atoms with van der Waals surface area (Å²) < 4.78 is 0. The van der Waals surface area contributed by atoms with E-state index < -0.39 is 0 Å². The third-order valence-corrected chi connectivity index (χ3v) is 3.00. The molecule has 1 amide bonds. The van der Waals surface area contributed by atoms with E-state index >= 15 is 0 Å². The Hall–Kier alpha value is -2.50. The van der Waals surface area contributed by atoms with Gasteiger partial charge in [-0.2, -0.15) is 0 Å². The topological polar surface area (TPSA) is 79.8 Å². The second kappa shape index (κ2) is 5.64. The van der Waals surface area contributed by atoms with E-state index in [0.29, 0.717) is 24.2 Å². The lowest BCUT2D eigenvalue weighted by atomic mass is 10.2. The summed E-state index contributed by atoms with van der Waals surface area (Å²) in [7, 11) is 0. The van der Waals surface area contributed by atoms with Crippen molar-refractivity contribution in [3.05, 3.63) is 48.0 Å². The van der Waals surface area contributed by atoms with Gasteiger partial charge in [-0.1, -0.05) is 0 Å². The summed E-state index contributed by atoms with van der Waals surface area (Å²) >= 11 is 0. The molecular weight excluding hydrogens is 254 g/mol. The monoisotopic (exact) mass is 269 g/mol. The summed E-state index contributed by atoms with van der Waals surface area (Å²) in [6.45, 7) is 0.455. The Morgan fingerprint density at radius 3 is 2.75 bits per heavy atom. The third-order valence-electron chi connectivity index (χ3n) is 3.00. The van der Waals surface area contributed by atoms with E-state index in [1.54, 1.807) is 24.7 Å². The van der Waals surface area contributed by atoms with E-state index in [2.05, 4.69) is 25.6 Å². The van der Waals surface area contributed by atoms with Gasteiger partial charge in [-0.15, -0.1) is 0 Å². The molecule has 2 N–H and O–H groups in total. The third kappa shape index (κ3) is 3.28. The summed E-state index contributed by atoms with van der Waals surface area (Å²) in [5.74, 6) is 0.312. The SMILES string of the molecule is O=C(NCc1ccncc1)c1ccnc(NC2CC2)n1. The van der Waals surface area contributed by atoms with E-state index in [0.717, 1.165) is 18.4 Å². The molecule has 6 heteroatoms. The van der Waals surface area contributed by atoms with Crippen LogP contribution in [-0.4, -0.2) is 26.9 Å². The number of carbonyl (C=O) groups is 1. The van der Waals surface area contributed by atoms with Crippen LogP contribution in [0.2, 0.25) is 0 Å². The summed E-state index contributed by atoms with van der Waals surface area (Å²) in [5.41, 5.74) is 1.37. The first-order chi connectivity index (χ1) is 9.81. The van der Waals surface area contributed by atoms with Gasteiger partial charge in [0.05, 0.1) is 0 Å². The van der Waals surface area contributed by atoms with Gasteiger partial charge in [-0.3, -0.25) is 9.78 Å². The van der Waals surface area contributed by atoms with Crippen LogP contribution >= 0.6 is 0 Å². The van der Waals surface area contributed by atoms with Gasteiger partial charge in [-0.25, -0.2) is 9.97 Å². The molecule has 1 fully saturated rings. The molecule has 2 aromatic heterocycles. The maximum absolute atomic E-state index is 12.0. The second-order valence-electron chi connectivity index (χ2n) is 4.72. The van der Waals surface area contributed by atoms with Crippen molar-refractivity contribution < 1.29 is 4.79 Å². The number of amides is 1. The number of nitrogens with one attached hydrogen (secondary N) is 2. The molecule has 0 aromatic carbocycles. The van der Waals surface area contributed by atoms with E-state index in [4.69, 9.17) is 0 Å². The first-order valence-corrected chi connectivity index (χ1v) is 6.58. The number of aromatic nitrogens is 3. The maximum Gasteiger partial charge on any atom is 0.270 e. The molecule has 0 aliphatic heterocycles. The molecule has 0 bridgehead atoms. The molecular formula is C14H15N5O. The van der Waals surface area contributed by atoms with Crippen LogP contribution in [0.3, 0.4) is 0 Å². The summed E-state index contributed by atoms with van der Waals surface area (Å²) in [4.78, 5) is 24.3. The number of nitrogens with zero attached hydrogens (tertiary/aromatic N) is 3. The Bertz CT molecular complexity index is 598. The van der Waals surface area contributed by atoms with Crippen LogP contribution in [0.5, 0.6) is 0 Å². The summed E-state index contributed by atoms with van der Waals surface area (Å²) in [6.07, 6.45) is 7.27. The lowest BCUT2D eigenvalue weighted by Crippen LogP contribution is -2.24. The first-order valence-electron chi connectivity index (χ1n) is 6.58. The van der Waals surface area contributed by atoms with Gasteiger partial charge in [0.15, 0.2) is 0 Å². The Morgan fingerprint density at radius 1 is 1.20 bits per heavy atom. The summed E-state index contributed by atoms with van der Waals surface area (Å²) in [5, 5.41) is 6.00. The normalized spacial score (nSPS) is 13.8. The number of hydrogen-bond acceptors (Lipinski definition) is 5. The Morgan fingerprint density at radius 2 is 2.00 bits per heavy atom. The standard InChI is InChI=1S/C14H15N5O/c20-13(17-9-10-3-6-15-7-4-10)12-5-8-16-14(19-12)18-11-1-2-11/h3-8,11H,1-2,9H2,(H,17,20)(H,16,18,19). The molecule has 1 aliphatic carbocycles. The molecule has 6 nitrogen and oxygen atoms in total. The molecule has 0 saturated heterocycles. The lowest BCUT2D eigenvalue weighted by molar-refractivity contribution is 0.0946. The fourth-order valence-corrected chi connectivity index (χ4v) is 1.74. The molecule has 0 radical (unpaired) electrons. The van der Waals surface area contributed by atoms with Gasteiger partial charge in [0, 0.05) is 31.2 Å². The molecule has 102 valence electrons. The van der Waals surface area contributed by atoms with Crippen molar-refractivity contribution in [2.24, 2.45) is 0 Å². The highest BCUT2D eigenvalue weighted by Crippen LogP contribution is 2.22. The highest BCUT2D eigenvalue weighted by molar-refractivity contribution is 5.92. The van der Waals surface area contributed by atoms with Crippen LogP contribution in [0.25, 0.3) is 0 Å². The molecule has 2 aromatic rings.